The monoisotopic (exact) mass is 159 g/mol. The summed E-state index contributed by atoms with van der Waals surface area (Å²) < 4.78 is 11.9. The van der Waals surface area contributed by atoms with E-state index >= 15 is 0 Å². The van der Waals surface area contributed by atoms with Gasteiger partial charge in [-0.2, -0.15) is 0 Å². The van der Waals surface area contributed by atoms with Gasteiger partial charge in [0, 0.05) is 6.04 Å². The van der Waals surface area contributed by atoms with E-state index in [9.17, 15) is 9.18 Å². The zero-order chi connectivity index (χ0) is 8.43. The molecule has 2 atom stereocenters. The molecule has 0 aromatic carbocycles. The first-order valence-corrected chi connectivity index (χ1v) is 3.41. The molecule has 0 spiro atoms. The maximum Gasteiger partial charge on any atom is 0.308 e. The summed E-state index contributed by atoms with van der Waals surface area (Å²) in [6.07, 6.45) is 1.09. The molecule has 0 saturated heterocycles. The molecule has 1 aliphatic carbocycles. The van der Waals surface area contributed by atoms with Crippen LogP contribution >= 0.6 is 0 Å². The Balaban J connectivity index is 2.66. The minimum absolute atomic E-state index is 0.257. The SMILES string of the molecule is N[C@@H]1C/C(=C\F)C[C@@H]1C(=O)O. The number of carboxylic acid groups (broad SMARTS) is 1. The van der Waals surface area contributed by atoms with Crippen LogP contribution in [0.15, 0.2) is 11.9 Å². The third-order valence-corrected chi connectivity index (χ3v) is 1.97. The summed E-state index contributed by atoms with van der Waals surface area (Å²) in [6, 6.07) is -0.422. The molecule has 0 heterocycles. The Morgan fingerprint density at radius 1 is 1.73 bits per heavy atom. The lowest BCUT2D eigenvalue weighted by Crippen LogP contribution is -2.30. The first-order valence-electron chi connectivity index (χ1n) is 3.41. The van der Waals surface area contributed by atoms with E-state index in [1.165, 1.54) is 0 Å². The summed E-state index contributed by atoms with van der Waals surface area (Å²) in [5.41, 5.74) is 5.96. The Labute approximate surface area is 63.7 Å². The van der Waals surface area contributed by atoms with Gasteiger partial charge in [-0.15, -0.1) is 0 Å². The van der Waals surface area contributed by atoms with Crippen LogP contribution in [0.5, 0.6) is 0 Å². The van der Waals surface area contributed by atoms with E-state index in [2.05, 4.69) is 0 Å². The molecule has 62 valence electrons. The number of hydrogen-bond acceptors (Lipinski definition) is 2. The summed E-state index contributed by atoms with van der Waals surface area (Å²) in [6.45, 7) is 0. The maximum atomic E-state index is 11.9. The Morgan fingerprint density at radius 2 is 2.36 bits per heavy atom. The summed E-state index contributed by atoms with van der Waals surface area (Å²) in [7, 11) is 0. The fourth-order valence-electron chi connectivity index (χ4n) is 1.32. The van der Waals surface area contributed by atoms with Crippen molar-refractivity contribution < 1.29 is 14.3 Å². The molecule has 11 heavy (non-hydrogen) atoms. The first kappa shape index (κ1) is 8.20. The van der Waals surface area contributed by atoms with Crippen molar-refractivity contribution in [3.63, 3.8) is 0 Å². The van der Waals surface area contributed by atoms with Gasteiger partial charge in [-0.25, -0.2) is 4.39 Å². The third kappa shape index (κ3) is 1.57. The summed E-state index contributed by atoms with van der Waals surface area (Å²) >= 11 is 0. The van der Waals surface area contributed by atoms with Gasteiger partial charge in [0.15, 0.2) is 0 Å². The van der Waals surface area contributed by atoms with Crippen LogP contribution in [0.3, 0.4) is 0 Å². The van der Waals surface area contributed by atoms with Gasteiger partial charge in [-0.05, 0) is 18.4 Å². The number of halogens is 1. The molecule has 4 heteroatoms. The molecule has 1 saturated carbocycles. The van der Waals surface area contributed by atoms with Crippen molar-refractivity contribution in [2.45, 2.75) is 18.9 Å². The van der Waals surface area contributed by atoms with Gasteiger partial charge in [0.1, 0.15) is 0 Å². The number of nitrogens with two attached hydrogens (primary N) is 1. The van der Waals surface area contributed by atoms with Gasteiger partial charge in [-0.3, -0.25) is 4.79 Å². The lowest BCUT2D eigenvalue weighted by Gasteiger charge is -2.07. The minimum Gasteiger partial charge on any atom is -0.481 e. The van der Waals surface area contributed by atoms with Crippen LogP contribution in [0, 0.1) is 5.92 Å². The second kappa shape index (κ2) is 3.00. The average Bonchev–Trinajstić information content (AvgIpc) is 2.30. The Kier molecular flexibility index (Phi) is 2.24. The van der Waals surface area contributed by atoms with Crippen LogP contribution in [-0.4, -0.2) is 17.1 Å². The predicted octanol–water partition coefficient (Wildman–Crippen LogP) is 0.662. The van der Waals surface area contributed by atoms with Crippen molar-refractivity contribution >= 4 is 5.97 Å². The highest BCUT2D eigenvalue weighted by molar-refractivity contribution is 5.72. The van der Waals surface area contributed by atoms with Crippen molar-refractivity contribution in [2.24, 2.45) is 11.7 Å². The van der Waals surface area contributed by atoms with Gasteiger partial charge in [0.25, 0.3) is 0 Å². The molecule has 1 aliphatic rings. The highest BCUT2D eigenvalue weighted by Gasteiger charge is 2.33. The smallest absolute Gasteiger partial charge is 0.308 e. The van der Waals surface area contributed by atoms with Gasteiger partial charge >= 0.3 is 5.97 Å². The average molecular weight is 159 g/mol. The normalized spacial score (nSPS) is 34.5. The lowest BCUT2D eigenvalue weighted by molar-refractivity contribution is -0.141. The van der Waals surface area contributed by atoms with Gasteiger partial charge < -0.3 is 10.8 Å². The number of aliphatic carboxylic acids is 1. The van der Waals surface area contributed by atoms with E-state index in [4.69, 9.17) is 10.8 Å². The molecule has 1 rings (SSSR count). The molecule has 0 aromatic rings. The van der Waals surface area contributed by atoms with E-state index in [0.717, 1.165) is 0 Å². The van der Waals surface area contributed by atoms with E-state index < -0.39 is 17.9 Å². The fourth-order valence-corrected chi connectivity index (χ4v) is 1.32. The summed E-state index contributed by atoms with van der Waals surface area (Å²) in [4.78, 5) is 10.4. The van der Waals surface area contributed by atoms with E-state index in [1.807, 2.05) is 0 Å². The molecular weight excluding hydrogens is 149 g/mol. The first-order chi connectivity index (χ1) is 5.15. The van der Waals surface area contributed by atoms with Gasteiger partial charge in [0.05, 0.1) is 12.2 Å². The largest absolute Gasteiger partial charge is 0.481 e. The molecule has 0 bridgehead atoms. The van der Waals surface area contributed by atoms with Crippen LogP contribution in [0.4, 0.5) is 4.39 Å². The van der Waals surface area contributed by atoms with Crippen molar-refractivity contribution in [2.75, 3.05) is 0 Å². The number of carbonyl (C=O) groups is 1. The number of carboxylic acids is 1. The minimum atomic E-state index is -0.936. The molecule has 0 aromatic heterocycles. The Morgan fingerprint density at radius 3 is 2.64 bits per heavy atom. The second-order valence-corrected chi connectivity index (χ2v) is 2.78. The highest BCUT2D eigenvalue weighted by Crippen LogP contribution is 2.29. The molecule has 3 nitrogen and oxygen atoms in total. The van der Waals surface area contributed by atoms with E-state index in [-0.39, 0.29) is 6.42 Å². The van der Waals surface area contributed by atoms with Crippen LogP contribution in [-0.2, 0) is 4.79 Å². The molecule has 3 N–H and O–H groups in total. The Hall–Kier alpha value is -0.900. The highest BCUT2D eigenvalue weighted by atomic mass is 19.1. The van der Waals surface area contributed by atoms with Crippen molar-refractivity contribution in [3.8, 4) is 0 Å². The molecular formula is C7H10FNO2. The number of hydrogen-bond donors (Lipinski definition) is 2. The van der Waals surface area contributed by atoms with E-state index in [0.29, 0.717) is 18.3 Å². The van der Waals surface area contributed by atoms with Crippen LogP contribution in [0.25, 0.3) is 0 Å². The van der Waals surface area contributed by atoms with E-state index in [1.54, 1.807) is 0 Å². The topological polar surface area (TPSA) is 63.3 Å². The fraction of sp³-hybridized carbons (Fsp3) is 0.571. The quantitative estimate of drug-likeness (QED) is 0.590. The third-order valence-electron chi connectivity index (χ3n) is 1.97. The molecule has 0 amide bonds. The zero-order valence-electron chi connectivity index (χ0n) is 5.96. The second-order valence-electron chi connectivity index (χ2n) is 2.78. The van der Waals surface area contributed by atoms with Crippen molar-refractivity contribution in [1.82, 2.24) is 0 Å². The molecule has 0 unspecified atom stereocenters. The standard InChI is InChI=1S/C7H10FNO2/c8-3-4-1-5(7(10)11)6(9)2-4/h3,5-6H,1-2,9H2,(H,10,11)/b4-3-/t5-,6+/m0/s1. The molecule has 1 fully saturated rings. The Bertz CT molecular complexity index is 203. The molecule has 0 aliphatic heterocycles. The van der Waals surface area contributed by atoms with Gasteiger partial charge in [-0.1, -0.05) is 0 Å². The number of rotatable bonds is 1. The maximum absolute atomic E-state index is 11.9. The van der Waals surface area contributed by atoms with Crippen LogP contribution < -0.4 is 5.73 Å². The zero-order valence-corrected chi connectivity index (χ0v) is 5.96. The molecule has 0 radical (unpaired) electrons. The van der Waals surface area contributed by atoms with Gasteiger partial charge in [0.2, 0.25) is 0 Å². The predicted molar refractivity (Wildman–Crippen MR) is 37.5 cm³/mol. The summed E-state index contributed by atoms with van der Waals surface area (Å²) in [5.74, 6) is -1.54. The lowest BCUT2D eigenvalue weighted by atomic mass is 10.1. The van der Waals surface area contributed by atoms with Crippen LogP contribution in [0.2, 0.25) is 0 Å². The summed E-state index contributed by atoms with van der Waals surface area (Å²) in [5, 5.41) is 8.57. The van der Waals surface area contributed by atoms with Crippen molar-refractivity contribution in [1.29, 1.82) is 0 Å². The van der Waals surface area contributed by atoms with Crippen molar-refractivity contribution in [3.05, 3.63) is 11.9 Å². The van der Waals surface area contributed by atoms with Crippen LogP contribution in [0.1, 0.15) is 12.8 Å².